The molecular formula is C14H18FN5O. The maximum absolute atomic E-state index is 13.2. The van der Waals surface area contributed by atoms with Gasteiger partial charge < -0.3 is 15.2 Å². The lowest BCUT2D eigenvalue weighted by molar-refractivity contribution is 0.108. The summed E-state index contributed by atoms with van der Waals surface area (Å²) in [6.45, 7) is 2.82. The van der Waals surface area contributed by atoms with E-state index in [0.29, 0.717) is 17.3 Å². The maximum atomic E-state index is 13.2. The van der Waals surface area contributed by atoms with E-state index in [-0.39, 0.29) is 11.7 Å². The van der Waals surface area contributed by atoms with Crippen LogP contribution in [0.3, 0.4) is 0 Å². The van der Waals surface area contributed by atoms with Crippen molar-refractivity contribution in [3.8, 4) is 11.5 Å². The summed E-state index contributed by atoms with van der Waals surface area (Å²) >= 11 is 0. The second-order valence-electron chi connectivity index (χ2n) is 5.45. The van der Waals surface area contributed by atoms with E-state index in [1.807, 2.05) is 7.05 Å². The van der Waals surface area contributed by atoms with Gasteiger partial charge >= 0.3 is 0 Å². The van der Waals surface area contributed by atoms with Crippen LogP contribution in [0, 0.1) is 5.82 Å². The van der Waals surface area contributed by atoms with Crippen LogP contribution >= 0.6 is 0 Å². The van der Waals surface area contributed by atoms with E-state index in [9.17, 15) is 4.39 Å². The fourth-order valence-corrected chi connectivity index (χ4v) is 2.45. The van der Waals surface area contributed by atoms with Crippen molar-refractivity contribution >= 4 is 5.69 Å². The number of anilines is 1. The zero-order valence-electron chi connectivity index (χ0n) is 12.1. The minimum Gasteiger partial charge on any atom is -0.396 e. The Bertz CT molecular complexity index is 644. The minimum absolute atomic E-state index is 0.0711. The van der Waals surface area contributed by atoms with Crippen molar-refractivity contribution in [1.29, 1.82) is 0 Å². The SMILES string of the molecule is CN1CCN(C)C(c2noc(-c3ccc(F)c(N)c3)n2)C1. The Balaban J connectivity index is 1.87. The Labute approximate surface area is 122 Å². The van der Waals surface area contributed by atoms with Crippen LogP contribution in [0.1, 0.15) is 11.9 Å². The van der Waals surface area contributed by atoms with Gasteiger partial charge in [0.15, 0.2) is 5.82 Å². The monoisotopic (exact) mass is 291 g/mol. The third kappa shape index (κ3) is 2.74. The number of nitrogen functional groups attached to an aromatic ring is 1. The van der Waals surface area contributed by atoms with Crippen LogP contribution in [0.15, 0.2) is 22.7 Å². The summed E-state index contributed by atoms with van der Waals surface area (Å²) in [7, 11) is 4.12. The molecule has 2 heterocycles. The molecule has 1 aliphatic heterocycles. The fourth-order valence-electron chi connectivity index (χ4n) is 2.45. The van der Waals surface area contributed by atoms with Crippen LogP contribution in [0.25, 0.3) is 11.5 Å². The predicted octanol–water partition coefficient (Wildman–Crippen LogP) is 1.38. The fraction of sp³-hybridized carbons (Fsp3) is 0.429. The van der Waals surface area contributed by atoms with Gasteiger partial charge in [0, 0.05) is 25.2 Å². The summed E-state index contributed by atoms with van der Waals surface area (Å²) in [4.78, 5) is 8.87. The predicted molar refractivity (Wildman–Crippen MR) is 77.0 cm³/mol. The lowest BCUT2D eigenvalue weighted by Gasteiger charge is -2.35. The number of nitrogens with two attached hydrogens (primary N) is 1. The van der Waals surface area contributed by atoms with Gasteiger partial charge in [0.2, 0.25) is 0 Å². The molecule has 1 saturated heterocycles. The lowest BCUT2D eigenvalue weighted by atomic mass is 10.1. The molecule has 1 atom stereocenters. The molecule has 3 rings (SSSR count). The van der Waals surface area contributed by atoms with E-state index < -0.39 is 5.82 Å². The second kappa shape index (κ2) is 5.42. The summed E-state index contributed by atoms with van der Waals surface area (Å²) in [5.41, 5.74) is 6.26. The van der Waals surface area contributed by atoms with Gasteiger partial charge in [-0.3, -0.25) is 4.90 Å². The first kappa shape index (κ1) is 14.0. The molecule has 1 aliphatic rings. The van der Waals surface area contributed by atoms with Crippen molar-refractivity contribution < 1.29 is 8.91 Å². The number of aromatic nitrogens is 2. The molecule has 6 nitrogen and oxygen atoms in total. The van der Waals surface area contributed by atoms with Crippen molar-refractivity contribution in [1.82, 2.24) is 19.9 Å². The first-order chi connectivity index (χ1) is 10.0. The van der Waals surface area contributed by atoms with E-state index in [1.54, 1.807) is 6.07 Å². The summed E-state index contributed by atoms with van der Waals surface area (Å²) in [6, 6.07) is 4.48. The van der Waals surface area contributed by atoms with Gasteiger partial charge in [0.05, 0.1) is 11.7 Å². The van der Waals surface area contributed by atoms with Crippen LogP contribution in [-0.4, -0.2) is 53.7 Å². The maximum Gasteiger partial charge on any atom is 0.258 e. The first-order valence-corrected chi connectivity index (χ1v) is 6.82. The number of benzene rings is 1. The lowest BCUT2D eigenvalue weighted by Crippen LogP contribution is -2.45. The Hall–Kier alpha value is -1.99. The number of halogens is 1. The Morgan fingerprint density at radius 2 is 2.14 bits per heavy atom. The quantitative estimate of drug-likeness (QED) is 0.843. The molecule has 1 aromatic heterocycles. The molecule has 7 heteroatoms. The van der Waals surface area contributed by atoms with Crippen LogP contribution in [-0.2, 0) is 0 Å². The van der Waals surface area contributed by atoms with E-state index in [1.165, 1.54) is 12.1 Å². The normalized spacial score (nSPS) is 20.8. The topological polar surface area (TPSA) is 71.4 Å². The summed E-state index contributed by atoms with van der Waals surface area (Å²) in [5.74, 6) is 0.549. The van der Waals surface area contributed by atoms with Gasteiger partial charge in [-0.1, -0.05) is 5.16 Å². The van der Waals surface area contributed by atoms with Crippen LogP contribution in [0.4, 0.5) is 10.1 Å². The summed E-state index contributed by atoms with van der Waals surface area (Å²) < 4.78 is 18.5. The van der Waals surface area contributed by atoms with Crippen molar-refractivity contribution in [3.05, 3.63) is 29.8 Å². The molecule has 2 N–H and O–H groups in total. The number of hydrogen-bond donors (Lipinski definition) is 1. The number of piperazine rings is 1. The number of likely N-dealkylation sites (N-methyl/N-ethyl adjacent to an activating group) is 2. The zero-order valence-corrected chi connectivity index (χ0v) is 12.1. The van der Waals surface area contributed by atoms with E-state index in [0.717, 1.165) is 19.6 Å². The molecular weight excluding hydrogens is 273 g/mol. The molecule has 0 aliphatic carbocycles. The van der Waals surface area contributed by atoms with Crippen molar-refractivity contribution in [2.24, 2.45) is 0 Å². The van der Waals surface area contributed by atoms with Crippen molar-refractivity contribution in [2.75, 3.05) is 39.5 Å². The minimum atomic E-state index is -0.452. The Kier molecular flexibility index (Phi) is 3.60. The molecule has 1 aromatic carbocycles. The highest BCUT2D eigenvalue weighted by Gasteiger charge is 2.28. The zero-order chi connectivity index (χ0) is 15.0. The van der Waals surface area contributed by atoms with Gasteiger partial charge in [0.1, 0.15) is 5.82 Å². The van der Waals surface area contributed by atoms with E-state index in [2.05, 4.69) is 27.0 Å². The summed E-state index contributed by atoms with van der Waals surface area (Å²) in [5, 5.41) is 4.06. The van der Waals surface area contributed by atoms with Gasteiger partial charge in [0.25, 0.3) is 5.89 Å². The van der Waals surface area contributed by atoms with Crippen molar-refractivity contribution in [2.45, 2.75) is 6.04 Å². The van der Waals surface area contributed by atoms with Gasteiger partial charge in [-0.05, 0) is 32.3 Å². The second-order valence-corrected chi connectivity index (χ2v) is 5.45. The van der Waals surface area contributed by atoms with Crippen LogP contribution in [0.5, 0.6) is 0 Å². The standard InChI is InChI=1S/C14H18FN5O/c1-19-5-6-20(2)12(8-19)13-17-14(21-18-13)9-3-4-10(15)11(16)7-9/h3-4,7,12H,5-6,8,16H2,1-2H3. The molecule has 0 spiro atoms. The molecule has 1 unspecified atom stereocenters. The smallest absolute Gasteiger partial charge is 0.258 e. The highest BCUT2D eigenvalue weighted by Crippen LogP contribution is 2.26. The number of rotatable bonds is 2. The molecule has 0 bridgehead atoms. The van der Waals surface area contributed by atoms with E-state index >= 15 is 0 Å². The molecule has 0 amide bonds. The van der Waals surface area contributed by atoms with Crippen LogP contribution in [0.2, 0.25) is 0 Å². The largest absolute Gasteiger partial charge is 0.396 e. The molecule has 0 saturated carbocycles. The highest BCUT2D eigenvalue weighted by molar-refractivity contribution is 5.60. The third-order valence-corrected chi connectivity index (χ3v) is 3.83. The first-order valence-electron chi connectivity index (χ1n) is 6.82. The number of nitrogens with zero attached hydrogens (tertiary/aromatic N) is 4. The molecule has 112 valence electrons. The molecule has 1 fully saturated rings. The van der Waals surface area contributed by atoms with Gasteiger partial charge in [-0.2, -0.15) is 4.98 Å². The molecule has 2 aromatic rings. The molecule has 0 radical (unpaired) electrons. The van der Waals surface area contributed by atoms with Gasteiger partial charge in [-0.25, -0.2) is 4.39 Å². The highest BCUT2D eigenvalue weighted by atomic mass is 19.1. The van der Waals surface area contributed by atoms with Gasteiger partial charge in [-0.15, -0.1) is 0 Å². The van der Waals surface area contributed by atoms with E-state index in [4.69, 9.17) is 10.3 Å². The number of hydrogen-bond acceptors (Lipinski definition) is 6. The Morgan fingerprint density at radius 1 is 1.33 bits per heavy atom. The average molecular weight is 291 g/mol. The average Bonchev–Trinajstić information content (AvgIpc) is 2.94. The Morgan fingerprint density at radius 3 is 2.90 bits per heavy atom. The summed E-state index contributed by atoms with van der Waals surface area (Å²) in [6.07, 6.45) is 0. The van der Waals surface area contributed by atoms with Crippen molar-refractivity contribution in [3.63, 3.8) is 0 Å². The molecule has 21 heavy (non-hydrogen) atoms. The van der Waals surface area contributed by atoms with Crippen LogP contribution < -0.4 is 5.73 Å². The third-order valence-electron chi connectivity index (χ3n) is 3.83.